The van der Waals surface area contributed by atoms with E-state index in [0.29, 0.717) is 5.92 Å². The molecule has 0 aliphatic carbocycles. The maximum Gasteiger partial charge on any atom is 0.0550 e. The van der Waals surface area contributed by atoms with Crippen LogP contribution in [0.25, 0.3) is 0 Å². The van der Waals surface area contributed by atoms with Gasteiger partial charge in [-0.2, -0.15) is 0 Å². The summed E-state index contributed by atoms with van der Waals surface area (Å²) in [4.78, 5) is 0. The molecule has 0 spiro atoms. The molecule has 0 radical (unpaired) electrons. The van der Waals surface area contributed by atoms with Gasteiger partial charge in [-0.05, 0) is 59.1 Å². The van der Waals surface area contributed by atoms with Gasteiger partial charge in [0.2, 0.25) is 0 Å². The van der Waals surface area contributed by atoms with E-state index < -0.39 is 0 Å². The van der Waals surface area contributed by atoms with Crippen LogP contribution < -0.4 is 5.32 Å². The van der Waals surface area contributed by atoms with Crippen molar-refractivity contribution in [2.24, 2.45) is 5.92 Å². The van der Waals surface area contributed by atoms with E-state index in [0.717, 1.165) is 29.0 Å². The predicted octanol–water partition coefficient (Wildman–Crippen LogP) is 3.89. The molecule has 0 saturated carbocycles. The summed E-state index contributed by atoms with van der Waals surface area (Å²) in [5, 5.41) is 4.20. The molecule has 0 saturated heterocycles. The molecule has 1 nitrogen and oxygen atoms in total. The highest BCUT2D eigenvalue weighted by atomic mass is 79.9. The van der Waals surface area contributed by atoms with Gasteiger partial charge in [0, 0.05) is 4.47 Å². The van der Waals surface area contributed by atoms with Crippen LogP contribution in [0.15, 0.2) is 22.7 Å². The number of hydrogen-bond donors (Lipinski definition) is 1. The average Bonchev–Trinajstić information content (AvgIpc) is 2.18. The minimum absolute atomic E-state index is 0.707. The van der Waals surface area contributed by atoms with Crippen LogP contribution >= 0.6 is 27.5 Å². The molecule has 0 bridgehead atoms. The van der Waals surface area contributed by atoms with Crippen molar-refractivity contribution in [1.82, 2.24) is 5.32 Å². The number of hydrogen-bond acceptors (Lipinski definition) is 1. The third-order valence-electron chi connectivity index (χ3n) is 2.13. The smallest absolute Gasteiger partial charge is 0.0550 e. The second-order valence-electron chi connectivity index (χ2n) is 4.10. The quantitative estimate of drug-likeness (QED) is 0.811. The Kier molecular flexibility index (Phi) is 5.65. The maximum absolute atomic E-state index is 6.01. The van der Waals surface area contributed by atoms with Gasteiger partial charge in [-0.25, -0.2) is 0 Å². The molecule has 0 amide bonds. The van der Waals surface area contributed by atoms with Gasteiger partial charge in [-0.3, -0.25) is 0 Å². The van der Waals surface area contributed by atoms with Crippen molar-refractivity contribution >= 4 is 27.5 Å². The molecule has 1 aromatic carbocycles. The lowest BCUT2D eigenvalue weighted by molar-refractivity contribution is 0.554. The molecule has 0 aliphatic heterocycles. The minimum atomic E-state index is 0.707. The van der Waals surface area contributed by atoms with Crippen LogP contribution in [0.1, 0.15) is 19.4 Å². The Hall–Kier alpha value is -0.0500. The first-order valence-corrected chi connectivity index (χ1v) is 6.41. The number of halogens is 2. The van der Waals surface area contributed by atoms with E-state index in [4.69, 9.17) is 11.6 Å². The molecule has 84 valence electrons. The summed E-state index contributed by atoms with van der Waals surface area (Å²) in [6, 6.07) is 6.12. The third-order valence-corrected chi connectivity index (χ3v) is 3.36. The lowest BCUT2D eigenvalue weighted by atomic mass is 10.1. The molecule has 0 fully saturated rings. The van der Waals surface area contributed by atoms with Gasteiger partial charge in [0.15, 0.2) is 0 Å². The van der Waals surface area contributed by atoms with Gasteiger partial charge in [0.25, 0.3) is 0 Å². The molecule has 15 heavy (non-hydrogen) atoms. The molecule has 1 aromatic rings. The molecular weight excluding hydrogens is 273 g/mol. The van der Waals surface area contributed by atoms with Crippen molar-refractivity contribution in [2.45, 2.75) is 20.3 Å². The summed E-state index contributed by atoms with van der Waals surface area (Å²) in [5.41, 5.74) is 1.28. The SMILES string of the molecule is CC(C)CNCCc1ccc(Br)c(Cl)c1. The van der Waals surface area contributed by atoms with E-state index in [-0.39, 0.29) is 0 Å². The van der Waals surface area contributed by atoms with E-state index in [1.165, 1.54) is 5.56 Å². The summed E-state index contributed by atoms with van der Waals surface area (Å²) in [5.74, 6) is 0.707. The molecule has 0 heterocycles. The fourth-order valence-corrected chi connectivity index (χ4v) is 1.77. The Bertz CT molecular complexity index is 312. The van der Waals surface area contributed by atoms with E-state index in [1.54, 1.807) is 0 Å². The second-order valence-corrected chi connectivity index (χ2v) is 5.36. The molecule has 0 unspecified atom stereocenters. The van der Waals surface area contributed by atoms with Crippen LogP contribution in [0.4, 0.5) is 0 Å². The van der Waals surface area contributed by atoms with Crippen LogP contribution in [0.3, 0.4) is 0 Å². The van der Waals surface area contributed by atoms with Gasteiger partial charge in [-0.1, -0.05) is 31.5 Å². The van der Waals surface area contributed by atoms with Crippen molar-refractivity contribution in [3.05, 3.63) is 33.3 Å². The summed E-state index contributed by atoms with van der Waals surface area (Å²) in [6.45, 7) is 6.51. The van der Waals surface area contributed by atoms with Crippen LogP contribution in [-0.2, 0) is 6.42 Å². The van der Waals surface area contributed by atoms with Crippen molar-refractivity contribution < 1.29 is 0 Å². The van der Waals surface area contributed by atoms with Crippen molar-refractivity contribution in [1.29, 1.82) is 0 Å². The monoisotopic (exact) mass is 289 g/mol. The van der Waals surface area contributed by atoms with E-state index >= 15 is 0 Å². The highest BCUT2D eigenvalue weighted by molar-refractivity contribution is 9.10. The lowest BCUT2D eigenvalue weighted by Crippen LogP contribution is -2.22. The average molecular weight is 291 g/mol. The Morgan fingerprint density at radius 2 is 2.13 bits per heavy atom. The number of rotatable bonds is 5. The van der Waals surface area contributed by atoms with E-state index in [1.807, 2.05) is 12.1 Å². The summed E-state index contributed by atoms with van der Waals surface area (Å²) in [6.07, 6.45) is 1.03. The van der Waals surface area contributed by atoms with Crippen LogP contribution in [0.5, 0.6) is 0 Å². The Morgan fingerprint density at radius 1 is 1.40 bits per heavy atom. The first kappa shape index (κ1) is 13.0. The second kappa shape index (κ2) is 6.51. The third kappa shape index (κ3) is 5.01. The largest absolute Gasteiger partial charge is 0.316 e. The van der Waals surface area contributed by atoms with Gasteiger partial charge < -0.3 is 5.32 Å². The standard InChI is InChI=1S/C12H17BrClN/c1-9(2)8-15-6-5-10-3-4-11(13)12(14)7-10/h3-4,7,9,15H,5-6,8H2,1-2H3. The van der Waals surface area contributed by atoms with Gasteiger partial charge in [0.05, 0.1) is 5.02 Å². The zero-order chi connectivity index (χ0) is 11.3. The molecule has 0 aliphatic rings. The van der Waals surface area contributed by atoms with E-state index in [9.17, 15) is 0 Å². The van der Waals surface area contributed by atoms with Gasteiger partial charge >= 0.3 is 0 Å². The zero-order valence-corrected chi connectivity index (χ0v) is 11.5. The Balaban J connectivity index is 2.35. The highest BCUT2D eigenvalue weighted by Crippen LogP contribution is 2.23. The molecule has 1 rings (SSSR count). The molecule has 0 aromatic heterocycles. The van der Waals surface area contributed by atoms with Gasteiger partial charge in [-0.15, -0.1) is 0 Å². The van der Waals surface area contributed by atoms with Crippen molar-refractivity contribution in [3.8, 4) is 0 Å². The van der Waals surface area contributed by atoms with Crippen molar-refractivity contribution in [3.63, 3.8) is 0 Å². The summed E-state index contributed by atoms with van der Waals surface area (Å²) in [7, 11) is 0. The number of benzene rings is 1. The first-order valence-electron chi connectivity index (χ1n) is 5.24. The molecule has 3 heteroatoms. The van der Waals surface area contributed by atoms with Crippen molar-refractivity contribution in [2.75, 3.05) is 13.1 Å². The Labute approximate surface area is 105 Å². The Morgan fingerprint density at radius 3 is 2.73 bits per heavy atom. The van der Waals surface area contributed by atoms with Gasteiger partial charge in [0.1, 0.15) is 0 Å². The maximum atomic E-state index is 6.01. The predicted molar refractivity (Wildman–Crippen MR) is 70.6 cm³/mol. The first-order chi connectivity index (χ1) is 7.09. The fourth-order valence-electron chi connectivity index (χ4n) is 1.32. The molecular formula is C12H17BrClN. The summed E-state index contributed by atoms with van der Waals surface area (Å²) >= 11 is 9.39. The topological polar surface area (TPSA) is 12.0 Å². The lowest BCUT2D eigenvalue weighted by Gasteiger charge is -2.07. The van der Waals surface area contributed by atoms with E-state index in [2.05, 4.69) is 41.2 Å². The van der Waals surface area contributed by atoms with Crippen LogP contribution in [0, 0.1) is 5.92 Å². The summed E-state index contributed by atoms with van der Waals surface area (Å²) < 4.78 is 0.961. The zero-order valence-electron chi connectivity index (χ0n) is 9.19. The van der Waals surface area contributed by atoms with Crippen LogP contribution in [0.2, 0.25) is 5.02 Å². The molecule has 1 N–H and O–H groups in total. The minimum Gasteiger partial charge on any atom is -0.316 e. The highest BCUT2D eigenvalue weighted by Gasteiger charge is 1.99. The van der Waals surface area contributed by atoms with Crippen LogP contribution in [-0.4, -0.2) is 13.1 Å². The number of nitrogens with one attached hydrogen (secondary N) is 1. The molecule has 0 atom stereocenters. The normalized spacial score (nSPS) is 11.0. The fraction of sp³-hybridized carbons (Fsp3) is 0.500.